The number of hydrogen-bond donors (Lipinski definition) is 0. The molecule has 0 bridgehead atoms. The molecule has 20 heavy (non-hydrogen) atoms. The SMILES string of the molecule is O=C(c1ccnc(Br)c1)N1CCCOc2ccccc21. The number of amides is 1. The van der Waals surface area contributed by atoms with Gasteiger partial charge in [0.15, 0.2) is 0 Å². The third-order valence-electron chi connectivity index (χ3n) is 3.16. The van der Waals surface area contributed by atoms with Crippen LogP contribution in [0.15, 0.2) is 47.2 Å². The van der Waals surface area contributed by atoms with E-state index in [1.54, 1.807) is 23.2 Å². The van der Waals surface area contributed by atoms with Crippen molar-refractivity contribution in [1.29, 1.82) is 0 Å². The number of nitrogens with zero attached hydrogens (tertiary/aromatic N) is 2. The lowest BCUT2D eigenvalue weighted by atomic mass is 10.2. The summed E-state index contributed by atoms with van der Waals surface area (Å²) in [6.07, 6.45) is 2.43. The molecular weight excluding hydrogens is 320 g/mol. The van der Waals surface area contributed by atoms with E-state index in [4.69, 9.17) is 4.74 Å². The maximum absolute atomic E-state index is 12.7. The number of carbonyl (C=O) groups is 1. The second-order valence-corrected chi connectivity index (χ2v) is 5.31. The molecule has 2 heterocycles. The Labute approximate surface area is 125 Å². The first-order valence-electron chi connectivity index (χ1n) is 6.41. The predicted octanol–water partition coefficient (Wildman–Crippen LogP) is 3.27. The van der Waals surface area contributed by atoms with E-state index in [2.05, 4.69) is 20.9 Å². The Hall–Kier alpha value is -1.88. The van der Waals surface area contributed by atoms with E-state index in [-0.39, 0.29) is 5.91 Å². The Kier molecular flexibility index (Phi) is 3.69. The summed E-state index contributed by atoms with van der Waals surface area (Å²) >= 11 is 3.30. The number of benzene rings is 1. The van der Waals surface area contributed by atoms with Crippen LogP contribution in [0, 0.1) is 0 Å². The lowest BCUT2D eigenvalue weighted by molar-refractivity contribution is 0.0987. The fraction of sp³-hybridized carbons (Fsp3) is 0.200. The van der Waals surface area contributed by atoms with E-state index in [0.717, 1.165) is 17.9 Å². The predicted molar refractivity (Wildman–Crippen MR) is 80.2 cm³/mol. The van der Waals surface area contributed by atoms with E-state index in [1.807, 2.05) is 24.3 Å². The molecule has 0 saturated carbocycles. The average molecular weight is 333 g/mol. The van der Waals surface area contributed by atoms with Crippen LogP contribution in [-0.2, 0) is 0 Å². The van der Waals surface area contributed by atoms with Crippen molar-refractivity contribution in [3.8, 4) is 5.75 Å². The molecule has 1 aromatic carbocycles. The van der Waals surface area contributed by atoms with E-state index < -0.39 is 0 Å². The normalized spacial score (nSPS) is 14.2. The number of anilines is 1. The minimum Gasteiger partial charge on any atom is -0.491 e. The van der Waals surface area contributed by atoms with Crippen LogP contribution in [0.4, 0.5) is 5.69 Å². The van der Waals surface area contributed by atoms with E-state index in [9.17, 15) is 4.79 Å². The molecule has 0 N–H and O–H groups in total. The molecule has 0 fully saturated rings. The number of carbonyl (C=O) groups excluding carboxylic acids is 1. The largest absolute Gasteiger partial charge is 0.491 e. The molecule has 3 rings (SSSR count). The smallest absolute Gasteiger partial charge is 0.258 e. The Morgan fingerprint density at radius 3 is 3.00 bits per heavy atom. The molecule has 5 heteroatoms. The van der Waals surface area contributed by atoms with Gasteiger partial charge < -0.3 is 9.64 Å². The van der Waals surface area contributed by atoms with Gasteiger partial charge in [-0.2, -0.15) is 0 Å². The fourth-order valence-corrected chi connectivity index (χ4v) is 2.59. The van der Waals surface area contributed by atoms with Gasteiger partial charge in [-0.05, 0) is 46.6 Å². The third-order valence-corrected chi connectivity index (χ3v) is 3.59. The van der Waals surface area contributed by atoms with Crippen LogP contribution in [0.5, 0.6) is 5.75 Å². The molecule has 0 atom stereocenters. The lowest BCUT2D eigenvalue weighted by Gasteiger charge is -2.21. The zero-order valence-electron chi connectivity index (χ0n) is 10.8. The van der Waals surface area contributed by atoms with Crippen LogP contribution >= 0.6 is 15.9 Å². The summed E-state index contributed by atoms with van der Waals surface area (Å²) in [7, 11) is 0. The second kappa shape index (κ2) is 5.63. The van der Waals surface area contributed by atoms with E-state index >= 15 is 0 Å². The van der Waals surface area contributed by atoms with Crippen LogP contribution in [0.3, 0.4) is 0 Å². The van der Waals surface area contributed by atoms with E-state index in [0.29, 0.717) is 23.3 Å². The zero-order valence-corrected chi connectivity index (χ0v) is 12.3. The summed E-state index contributed by atoms with van der Waals surface area (Å²) in [5.74, 6) is 0.720. The Balaban J connectivity index is 1.99. The standard InChI is InChI=1S/C15H13BrN2O2/c16-14-10-11(6-7-17-14)15(19)18-8-3-9-20-13-5-2-1-4-12(13)18/h1-2,4-7,10H,3,8-9H2. The Morgan fingerprint density at radius 2 is 2.15 bits per heavy atom. The van der Waals surface area contributed by atoms with Gasteiger partial charge in [0.05, 0.1) is 12.3 Å². The van der Waals surface area contributed by atoms with Gasteiger partial charge in [-0.1, -0.05) is 12.1 Å². The number of ether oxygens (including phenoxy) is 1. The third kappa shape index (κ3) is 2.54. The molecule has 1 aliphatic rings. The molecule has 2 aromatic rings. The van der Waals surface area contributed by atoms with Gasteiger partial charge in [-0.3, -0.25) is 4.79 Å². The minimum atomic E-state index is -0.0361. The van der Waals surface area contributed by atoms with Crippen molar-refractivity contribution < 1.29 is 9.53 Å². The van der Waals surface area contributed by atoms with Crippen molar-refractivity contribution in [1.82, 2.24) is 4.98 Å². The first kappa shape index (κ1) is 13.1. The minimum absolute atomic E-state index is 0.0361. The summed E-state index contributed by atoms with van der Waals surface area (Å²) in [6, 6.07) is 11.1. The quantitative estimate of drug-likeness (QED) is 0.752. The van der Waals surface area contributed by atoms with Gasteiger partial charge in [0, 0.05) is 18.3 Å². The molecule has 1 aromatic heterocycles. The first-order chi connectivity index (χ1) is 9.75. The molecule has 0 unspecified atom stereocenters. The number of para-hydroxylation sites is 2. The van der Waals surface area contributed by atoms with Crippen LogP contribution in [0.2, 0.25) is 0 Å². The fourth-order valence-electron chi connectivity index (χ4n) is 2.23. The summed E-state index contributed by atoms with van der Waals surface area (Å²) in [5, 5.41) is 0. The van der Waals surface area contributed by atoms with Gasteiger partial charge in [0.1, 0.15) is 10.4 Å². The Bertz CT molecular complexity index is 645. The van der Waals surface area contributed by atoms with Crippen molar-refractivity contribution in [2.45, 2.75) is 6.42 Å². The average Bonchev–Trinajstić information content (AvgIpc) is 2.69. The first-order valence-corrected chi connectivity index (χ1v) is 7.20. The lowest BCUT2D eigenvalue weighted by Crippen LogP contribution is -2.31. The number of halogens is 1. The van der Waals surface area contributed by atoms with Crippen LogP contribution < -0.4 is 9.64 Å². The van der Waals surface area contributed by atoms with Crippen molar-refractivity contribution in [2.24, 2.45) is 0 Å². The number of aromatic nitrogens is 1. The molecule has 0 saturated heterocycles. The maximum atomic E-state index is 12.7. The summed E-state index contributed by atoms with van der Waals surface area (Å²) < 4.78 is 6.33. The second-order valence-electron chi connectivity index (χ2n) is 4.49. The van der Waals surface area contributed by atoms with Gasteiger partial charge in [-0.25, -0.2) is 4.98 Å². The number of pyridine rings is 1. The number of fused-ring (bicyclic) bond motifs is 1. The highest BCUT2D eigenvalue weighted by molar-refractivity contribution is 9.10. The van der Waals surface area contributed by atoms with Crippen molar-refractivity contribution in [2.75, 3.05) is 18.1 Å². The molecular formula is C15H13BrN2O2. The monoisotopic (exact) mass is 332 g/mol. The zero-order chi connectivity index (χ0) is 13.9. The van der Waals surface area contributed by atoms with Crippen molar-refractivity contribution >= 4 is 27.5 Å². The van der Waals surface area contributed by atoms with Gasteiger partial charge >= 0.3 is 0 Å². The summed E-state index contributed by atoms with van der Waals surface area (Å²) in [5.41, 5.74) is 1.44. The highest BCUT2D eigenvalue weighted by atomic mass is 79.9. The molecule has 1 amide bonds. The van der Waals surface area contributed by atoms with E-state index in [1.165, 1.54) is 0 Å². The van der Waals surface area contributed by atoms with Gasteiger partial charge in [-0.15, -0.1) is 0 Å². The summed E-state index contributed by atoms with van der Waals surface area (Å²) in [4.78, 5) is 18.5. The number of rotatable bonds is 1. The molecule has 102 valence electrons. The van der Waals surface area contributed by atoms with Crippen LogP contribution in [-0.4, -0.2) is 24.0 Å². The molecule has 0 aliphatic carbocycles. The number of hydrogen-bond acceptors (Lipinski definition) is 3. The summed E-state index contributed by atoms with van der Waals surface area (Å²) in [6.45, 7) is 1.27. The van der Waals surface area contributed by atoms with Gasteiger partial charge in [0.25, 0.3) is 5.91 Å². The highest BCUT2D eigenvalue weighted by Crippen LogP contribution is 2.31. The molecule has 4 nitrogen and oxygen atoms in total. The Morgan fingerprint density at radius 1 is 1.30 bits per heavy atom. The molecule has 0 radical (unpaired) electrons. The van der Waals surface area contributed by atoms with Crippen molar-refractivity contribution in [3.63, 3.8) is 0 Å². The molecule has 1 aliphatic heterocycles. The van der Waals surface area contributed by atoms with Crippen LogP contribution in [0.1, 0.15) is 16.8 Å². The van der Waals surface area contributed by atoms with Crippen molar-refractivity contribution in [3.05, 3.63) is 52.8 Å². The molecule has 0 spiro atoms. The van der Waals surface area contributed by atoms with Crippen LogP contribution in [0.25, 0.3) is 0 Å². The maximum Gasteiger partial charge on any atom is 0.258 e. The van der Waals surface area contributed by atoms with Gasteiger partial charge in [0.2, 0.25) is 0 Å². The topological polar surface area (TPSA) is 42.4 Å². The highest BCUT2D eigenvalue weighted by Gasteiger charge is 2.23.